The molecule has 2 rings (SSSR count). The molecule has 0 aliphatic carbocycles. The molecule has 0 fully saturated rings. The Morgan fingerprint density at radius 2 is 2.06 bits per heavy atom. The third kappa shape index (κ3) is 2.69. The van der Waals surface area contributed by atoms with E-state index in [0.29, 0.717) is 5.82 Å². The number of imidazole rings is 1. The molecule has 0 aromatic carbocycles. The zero-order valence-electron chi connectivity index (χ0n) is 11.2. The molecule has 6 heteroatoms. The van der Waals surface area contributed by atoms with Crippen LogP contribution in [0.1, 0.15) is 32.9 Å². The Balaban J connectivity index is 2.02. The molecule has 0 aliphatic heterocycles. The molecule has 0 unspecified atom stereocenters. The van der Waals surface area contributed by atoms with Crippen molar-refractivity contribution in [2.24, 2.45) is 0 Å². The summed E-state index contributed by atoms with van der Waals surface area (Å²) in [5, 5.41) is 8.09. The molecule has 2 aromatic heterocycles. The summed E-state index contributed by atoms with van der Waals surface area (Å²) in [4.78, 5) is 4.02. The van der Waals surface area contributed by atoms with Gasteiger partial charge in [-0.05, 0) is 6.42 Å². The molecule has 2 aromatic rings. The van der Waals surface area contributed by atoms with Gasteiger partial charge >= 0.3 is 0 Å². The Morgan fingerprint density at radius 1 is 1.28 bits per heavy atom. The number of nitrogens with two attached hydrogens (primary N) is 1. The molecular weight excluding hydrogens is 228 g/mol. The highest BCUT2D eigenvalue weighted by molar-refractivity contribution is 5.37. The Kier molecular flexibility index (Phi) is 3.36. The number of nitrogen functional groups attached to an aromatic ring is 1. The summed E-state index contributed by atoms with van der Waals surface area (Å²) in [6, 6.07) is 0. The molecule has 0 amide bonds. The molecule has 2 N–H and O–H groups in total. The number of nitrogens with zero attached hydrogens (tertiary/aromatic N) is 5. The molecule has 0 saturated carbocycles. The Labute approximate surface area is 107 Å². The predicted octanol–water partition coefficient (Wildman–Crippen LogP) is 1.44. The van der Waals surface area contributed by atoms with Crippen LogP contribution in [0, 0.1) is 0 Å². The normalized spacial score (nSPS) is 11.9. The Hall–Kier alpha value is -1.85. The van der Waals surface area contributed by atoms with Gasteiger partial charge in [0.2, 0.25) is 0 Å². The molecule has 2 heterocycles. The van der Waals surface area contributed by atoms with E-state index in [4.69, 9.17) is 5.73 Å². The van der Waals surface area contributed by atoms with Crippen molar-refractivity contribution in [3.05, 3.63) is 24.4 Å². The summed E-state index contributed by atoms with van der Waals surface area (Å²) in [5.41, 5.74) is 6.85. The number of anilines is 1. The maximum absolute atomic E-state index is 5.88. The van der Waals surface area contributed by atoms with Crippen molar-refractivity contribution in [3.63, 3.8) is 0 Å². The summed E-state index contributed by atoms with van der Waals surface area (Å²) in [7, 11) is 0. The van der Waals surface area contributed by atoms with Gasteiger partial charge < -0.3 is 10.3 Å². The number of aromatic nitrogens is 5. The Morgan fingerprint density at radius 3 is 2.67 bits per heavy atom. The molecule has 18 heavy (non-hydrogen) atoms. The summed E-state index contributed by atoms with van der Waals surface area (Å²) >= 11 is 0. The number of hydrogen-bond acceptors (Lipinski definition) is 4. The smallest absolute Gasteiger partial charge is 0.169 e. The van der Waals surface area contributed by atoms with E-state index in [-0.39, 0.29) is 5.41 Å². The van der Waals surface area contributed by atoms with Crippen molar-refractivity contribution in [2.45, 2.75) is 45.7 Å². The molecular formula is C12H20N6. The van der Waals surface area contributed by atoms with E-state index in [0.717, 1.165) is 25.2 Å². The fourth-order valence-corrected chi connectivity index (χ4v) is 2.08. The van der Waals surface area contributed by atoms with Crippen molar-refractivity contribution in [1.82, 2.24) is 24.5 Å². The SMILES string of the molecule is CC(C)(C)c1c(N)nnn1CCCn1ccnc1. The van der Waals surface area contributed by atoms with Crippen LogP contribution in [-0.4, -0.2) is 24.5 Å². The fraction of sp³-hybridized carbons (Fsp3) is 0.583. The predicted molar refractivity (Wildman–Crippen MR) is 70.0 cm³/mol. The van der Waals surface area contributed by atoms with Crippen LogP contribution >= 0.6 is 0 Å². The van der Waals surface area contributed by atoms with Gasteiger partial charge in [0.1, 0.15) is 0 Å². The van der Waals surface area contributed by atoms with Crippen LogP contribution in [0.15, 0.2) is 18.7 Å². The monoisotopic (exact) mass is 248 g/mol. The number of hydrogen-bond donors (Lipinski definition) is 1. The lowest BCUT2D eigenvalue weighted by Crippen LogP contribution is -2.20. The van der Waals surface area contributed by atoms with E-state index < -0.39 is 0 Å². The molecule has 0 aliphatic rings. The quantitative estimate of drug-likeness (QED) is 0.888. The van der Waals surface area contributed by atoms with E-state index in [2.05, 4.69) is 40.6 Å². The third-order valence-corrected chi connectivity index (χ3v) is 2.82. The molecule has 0 radical (unpaired) electrons. The highest BCUT2D eigenvalue weighted by Crippen LogP contribution is 2.25. The van der Waals surface area contributed by atoms with Crippen LogP contribution in [0.3, 0.4) is 0 Å². The summed E-state index contributed by atoms with van der Waals surface area (Å²) in [5.74, 6) is 0.533. The van der Waals surface area contributed by atoms with Gasteiger partial charge in [-0.1, -0.05) is 26.0 Å². The van der Waals surface area contributed by atoms with Gasteiger partial charge in [0.05, 0.1) is 12.0 Å². The fourth-order valence-electron chi connectivity index (χ4n) is 2.08. The maximum atomic E-state index is 5.88. The average molecular weight is 248 g/mol. The van der Waals surface area contributed by atoms with Gasteiger partial charge in [-0.25, -0.2) is 9.67 Å². The third-order valence-electron chi connectivity index (χ3n) is 2.82. The van der Waals surface area contributed by atoms with Gasteiger partial charge in [0.15, 0.2) is 5.82 Å². The van der Waals surface area contributed by atoms with Crippen LogP contribution in [0.2, 0.25) is 0 Å². The minimum absolute atomic E-state index is 0.0391. The lowest BCUT2D eigenvalue weighted by molar-refractivity contribution is 0.453. The van der Waals surface area contributed by atoms with Crippen molar-refractivity contribution in [3.8, 4) is 0 Å². The second-order valence-electron chi connectivity index (χ2n) is 5.45. The van der Waals surface area contributed by atoms with E-state index >= 15 is 0 Å². The minimum atomic E-state index is -0.0391. The molecule has 0 bridgehead atoms. The second-order valence-corrected chi connectivity index (χ2v) is 5.45. The first-order chi connectivity index (χ1) is 8.48. The van der Waals surface area contributed by atoms with Crippen molar-refractivity contribution in [2.75, 3.05) is 5.73 Å². The van der Waals surface area contributed by atoms with E-state index in [1.54, 1.807) is 6.20 Å². The van der Waals surface area contributed by atoms with E-state index in [1.165, 1.54) is 0 Å². The van der Waals surface area contributed by atoms with Crippen molar-refractivity contribution in [1.29, 1.82) is 0 Å². The van der Waals surface area contributed by atoms with Crippen LogP contribution in [0.4, 0.5) is 5.82 Å². The molecule has 0 atom stereocenters. The highest BCUT2D eigenvalue weighted by Gasteiger charge is 2.23. The summed E-state index contributed by atoms with van der Waals surface area (Å²) in [6.45, 7) is 8.09. The largest absolute Gasteiger partial charge is 0.381 e. The first-order valence-electron chi connectivity index (χ1n) is 6.13. The Bertz CT molecular complexity index is 491. The van der Waals surface area contributed by atoms with Crippen LogP contribution in [0.25, 0.3) is 0 Å². The number of rotatable bonds is 4. The minimum Gasteiger partial charge on any atom is -0.381 e. The molecule has 0 spiro atoms. The average Bonchev–Trinajstić information content (AvgIpc) is 2.87. The first-order valence-corrected chi connectivity index (χ1v) is 6.13. The van der Waals surface area contributed by atoms with Gasteiger partial charge in [-0.15, -0.1) is 5.10 Å². The lowest BCUT2D eigenvalue weighted by atomic mass is 9.92. The van der Waals surface area contributed by atoms with Crippen LogP contribution in [0.5, 0.6) is 0 Å². The topological polar surface area (TPSA) is 74.5 Å². The van der Waals surface area contributed by atoms with Gasteiger partial charge in [0.25, 0.3) is 0 Å². The van der Waals surface area contributed by atoms with E-state index in [1.807, 2.05) is 17.2 Å². The first kappa shape index (κ1) is 12.6. The number of aryl methyl sites for hydroxylation is 2. The lowest BCUT2D eigenvalue weighted by Gasteiger charge is -2.20. The van der Waals surface area contributed by atoms with Crippen LogP contribution in [-0.2, 0) is 18.5 Å². The van der Waals surface area contributed by atoms with E-state index in [9.17, 15) is 0 Å². The van der Waals surface area contributed by atoms with Crippen molar-refractivity contribution >= 4 is 5.82 Å². The molecule has 0 saturated heterocycles. The van der Waals surface area contributed by atoms with Crippen molar-refractivity contribution < 1.29 is 0 Å². The highest BCUT2D eigenvalue weighted by atomic mass is 15.4. The summed E-state index contributed by atoms with van der Waals surface area (Å²) in [6.07, 6.45) is 6.54. The standard InChI is InChI=1S/C12H20N6/c1-12(2,3)10-11(13)15-16-18(10)7-4-6-17-8-5-14-9-17/h5,8-9H,4,6-7,13H2,1-3H3. The zero-order valence-corrected chi connectivity index (χ0v) is 11.2. The summed E-state index contributed by atoms with van der Waals surface area (Å²) < 4.78 is 3.96. The molecule has 6 nitrogen and oxygen atoms in total. The van der Waals surface area contributed by atoms with Gasteiger partial charge in [-0.3, -0.25) is 0 Å². The van der Waals surface area contributed by atoms with Gasteiger partial charge in [-0.2, -0.15) is 0 Å². The molecule has 98 valence electrons. The zero-order chi connectivity index (χ0) is 13.2. The maximum Gasteiger partial charge on any atom is 0.169 e. The van der Waals surface area contributed by atoms with Crippen LogP contribution < -0.4 is 5.73 Å². The second kappa shape index (κ2) is 4.80. The van der Waals surface area contributed by atoms with Gasteiger partial charge in [0, 0.05) is 30.9 Å².